The number of benzene rings is 2. The average Bonchev–Trinajstić information content (AvgIpc) is 3.28. The first kappa shape index (κ1) is 18.8. The van der Waals surface area contributed by atoms with Crippen molar-refractivity contribution in [3.05, 3.63) is 77.1 Å². The van der Waals surface area contributed by atoms with Crippen LogP contribution in [0, 0.1) is 13.8 Å². The molecule has 0 saturated heterocycles. The maximum absolute atomic E-state index is 11.1. The molecular weight excluding hydrogens is 370 g/mol. The first-order valence-corrected chi connectivity index (χ1v) is 9.24. The highest BCUT2D eigenvalue weighted by atomic mass is 16.5. The van der Waals surface area contributed by atoms with Gasteiger partial charge in [-0.1, -0.05) is 35.9 Å². The summed E-state index contributed by atoms with van der Waals surface area (Å²) in [6, 6.07) is 15.1. The largest absolute Gasteiger partial charge is 0.461 e. The number of fused-ring (bicyclic) bond motifs is 1. The van der Waals surface area contributed by atoms with Gasteiger partial charge in [-0.25, -0.2) is 15.3 Å². The molecule has 0 radical (unpaired) electrons. The Kier molecular flexibility index (Phi) is 5.05. The van der Waals surface area contributed by atoms with Crippen LogP contribution in [-0.2, 0) is 13.0 Å². The van der Waals surface area contributed by atoms with Gasteiger partial charge < -0.3 is 14.2 Å². The van der Waals surface area contributed by atoms with Crippen molar-refractivity contribution < 1.29 is 18.8 Å². The highest BCUT2D eigenvalue weighted by Gasteiger charge is 2.14. The predicted molar refractivity (Wildman–Crippen MR) is 108 cm³/mol. The minimum absolute atomic E-state index is 0.293. The zero-order valence-corrected chi connectivity index (χ0v) is 16.2. The van der Waals surface area contributed by atoms with E-state index >= 15 is 0 Å². The van der Waals surface area contributed by atoms with Crippen LogP contribution in [0.1, 0.15) is 28.5 Å². The molecule has 0 saturated carbocycles. The number of hydrogen-bond donors (Lipinski definition) is 3. The number of furan rings is 1. The molecule has 2 heterocycles. The molecule has 4 rings (SSSR count). The van der Waals surface area contributed by atoms with Crippen LogP contribution in [0.4, 0.5) is 4.79 Å². The number of carbonyl (C=O) groups is 1. The first-order chi connectivity index (χ1) is 14.0. The van der Waals surface area contributed by atoms with Crippen LogP contribution in [0.25, 0.3) is 22.2 Å². The number of hydrogen-bond acceptors (Lipinski definition) is 5. The molecule has 2 aromatic carbocycles. The van der Waals surface area contributed by atoms with Gasteiger partial charge in [-0.2, -0.15) is 0 Å². The number of oxazole rings is 1. The molecule has 0 atom stereocenters. The molecule has 0 aliphatic carbocycles. The van der Waals surface area contributed by atoms with Crippen molar-refractivity contribution in [1.29, 1.82) is 0 Å². The van der Waals surface area contributed by atoms with E-state index in [4.69, 9.17) is 14.0 Å². The topological polar surface area (TPSA) is 101 Å². The molecule has 7 heteroatoms. The van der Waals surface area contributed by atoms with Crippen molar-refractivity contribution in [1.82, 2.24) is 15.8 Å². The minimum Gasteiger partial charge on any atom is -0.461 e. The molecule has 148 valence electrons. The lowest BCUT2D eigenvalue weighted by Gasteiger charge is -2.03. The highest BCUT2D eigenvalue weighted by Crippen LogP contribution is 2.27. The molecule has 0 bridgehead atoms. The quantitative estimate of drug-likeness (QED) is 0.344. The maximum Gasteiger partial charge on any atom is 0.338 e. The summed E-state index contributed by atoms with van der Waals surface area (Å²) in [4.78, 5) is 15.7. The van der Waals surface area contributed by atoms with Crippen LogP contribution >= 0.6 is 0 Å². The minimum atomic E-state index is -0.651. The lowest BCUT2D eigenvalue weighted by molar-refractivity contribution is 0.161. The van der Waals surface area contributed by atoms with Crippen molar-refractivity contribution >= 4 is 17.0 Å². The van der Waals surface area contributed by atoms with Crippen molar-refractivity contribution in [3.8, 4) is 11.3 Å². The molecule has 7 nitrogen and oxygen atoms in total. The lowest BCUT2D eigenvalue weighted by Crippen LogP contribution is -2.32. The molecule has 0 spiro atoms. The summed E-state index contributed by atoms with van der Waals surface area (Å²) in [6.07, 6.45) is 0.446. The molecule has 2 amide bonds. The van der Waals surface area contributed by atoms with E-state index in [0.29, 0.717) is 18.9 Å². The Bertz CT molecular complexity index is 1160. The molecule has 29 heavy (non-hydrogen) atoms. The fourth-order valence-corrected chi connectivity index (χ4v) is 3.22. The fraction of sp³-hybridized carbons (Fsp3) is 0.182. The summed E-state index contributed by atoms with van der Waals surface area (Å²) in [5.74, 6) is 2.11. The van der Waals surface area contributed by atoms with Crippen molar-refractivity contribution in [2.75, 3.05) is 0 Å². The SMILES string of the molecule is Cc1ccc(-c2nc(Cc3cc4cc(CNC(=O)NO)ccc4o3)oc2C)cc1. The lowest BCUT2D eigenvalue weighted by atomic mass is 10.1. The van der Waals surface area contributed by atoms with Crippen LogP contribution in [-0.4, -0.2) is 16.2 Å². The van der Waals surface area contributed by atoms with Gasteiger partial charge in [0.05, 0.1) is 6.42 Å². The van der Waals surface area contributed by atoms with Crippen LogP contribution in [0.5, 0.6) is 0 Å². The highest BCUT2D eigenvalue weighted by molar-refractivity contribution is 5.79. The van der Waals surface area contributed by atoms with E-state index in [9.17, 15) is 4.79 Å². The maximum atomic E-state index is 11.1. The zero-order chi connectivity index (χ0) is 20.4. The summed E-state index contributed by atoms with van der Waals surface area (Å²) in [5, 5.41) is 12.0. The fourth-order valence-electron chi connectivity index (χ4n) is 3.22. The van der Waals surface area contributed by atoms with Gasteiger partial charge in [0.1, 0.15) is 22.8 Å². The van der Waals surface area contributed by atoms with Crippen molar-refractivity contribution in [3.63, 3.8) is 0 Å². The summed E-state index contributed by atoms with van der Waals surface area (Å²) in [5.41, 5.74) is 6.24. The van der Waals surface area contributed by atoms with Gasteiger partial charge in [-0.15, -0.1) is 0 Å². The molecule has 0 fully saturated rings. The van der Waals surface area contributed by atoms with Gasteiger partial charge in [0.2, 0.25) is 5.89 Å². The second-order valence-electron chi connectivity index (χ2n) is 6.93. The number of hydroxylamine groups is 1. The summed E-state index contributed by atoms with van der Waals surface area (Å²) in [7, 11) is 0. The zero-order valence-electron chi connectivity index (χ0n) is 16.2. The number of nitrogens with one attached hydrogen (secondary N) is 2. The van der Waals surface area contributed by atoms with Crippen LogP contribution in [0.15, 0.2) is 57.4 Å². The van der Waals surface area contributed by atoms with E-state index in [2.05, 4.69) is 29.4 Å². The number of amides is 2. The molecular formula is C22H21N3O4. The first-order valence-electron chi connectivity index (χ1n) is 9.24. The van der Waals surface area contributed by atoms with Gasteiger partial charge in [0.15, 0.2) is 0 Å². The summed E-state index contributed by atoms with van der Waals surface area (Å²) in [6.45, 7) is 4.25. The van der Waals surface area contributed by atoms with Gasteiger partial charge in [-0.3, -0.25) is 5.21 Å². The number of nitrogens with zero attached hydrogens (tertiary/aromatic N) is 1. The Labute approximate surface area is 167 Å². The number of carbonyl (C=O) groups excluding carboxylic acids is 1. The average molecular weight is 391 g/mol. The third-order valence-corrected chi connectivity index (χ3v) is 4.68. The molecule has 3 N–H and O–H groups in total. The standard InChI is InChI=1S/C22H21N3O4/c1-13-3-6-16(7-4-13)21-14(2)28-20(24-21)11-18-10-17-9-15(5-8-19(17)29-18)12-23-22(26)25-27/h3-10,27H,11-12H2,1-2H3,(H2,23,25,26). The summed E-state index contributed by atoms with van der Waals surface area (Å²) >= 11 is 0. The number of aromatic nitrogens is 1. The van der Waals surface area contributed by atoms with E-state index in [1.807, 2.05) is 43.3 Å². The molecule has 0 aliphatic rings. The van der Waals surface area contributed by atoms with E-state index in [1.54, 1.807) is 0 Å². The van der Waals surface area contributed by atoms with Crippen LogP contribution in [0.2, 0.25) is 0 Å². The van der Waals surface area contributed by atoms with E-state index in [0.717, 1.165) is 39.3 Å². The van der Waals surface area contributed by atoms with Gasteiger partial charge in [0.25, 0.3) is 0 Å². The Hall–Kier alpha value is -3.58. The normalized spacial score (nSPS) is 11.0. The number of aryl methyl sites for hydroxylation is 2. The Morgan fingerprint density at radius 1 is 1.07 bits per heavy atom. The predicted octanol–water partition coefficient (Wildman–Crippen LogP) is 4.48. The van der Waals surface area contributed by atoms with Crippen LogP contribution < -0.4 is 10.8 Å². The van der Waals surface area contributed by atoms with E-state index in [1.165, 1.54) is 11.0 Å². The van der Waals surface area contributed by atoms with Crippen LogP contribution in [0.3, 0.4) is 0 Å². The van der Waals surface area contributed by atoms with Gasteiger partial charge in [-0.05, 0) is 37.6 Å². The van der Waals surface area contributed by atoms with Crippen molar-refractivity contribution in [2.45, 2.75) is 26.8 Å². The monoisotopic (exact) mass is 391 g/mol. The van der Waals surface area contributed by atoms with E-state index in [-0.39, 0.29) is 0 Å². The molecule has 0 aliphatic heterocycles. The Morgan fingerprint density at radius 2 is 1.86 bits per heavy atom. The van der Waals surface area contributed by atoms with Gasteiger partial charge in [0, 0.05) is 17.5 Å². The summed E-state index contributed by atoms with van der Waals surface area (Å²) < 4.78 is 11.8. The Balaban J connectivity index is 1.53. The molecule has 2 aromatic heterocycles. The molecule has 4 aromatic rings. The number of rotatable bonds is 5. The van der Waals surface area contributed by atoms with E-state index < -0.39 is 6.03 Å². The third kappa shape index (κ3) is 4.14. The smallest absolute Gasteiger partial charge is 0.338 e. The van der Waals surface area contributed by atoms with Gasteiger partial charge >= 0.3 is 6.03 Å². The number of urea groups is 1. The third-order valence-electron chi connectivity index (χ3n) is 4.68. The molecule has 0 unspecified atom stereocenters. The second-order valence-corrected chi connectivity index (χ2v) is 6.93. The second kappa shape index (κ2) is 7.81. The Morgan fingerprint density at radius 3 is 2.62 bits per heavy atom. The van der Waals surface area contributed by atoms with Crippen molar-refractivity contribution in [2.24, 2.45) is 0 Å².